The second-order valence-corrected chi connectivity index (χ2v) is 6.01. The van der Waals surface area contributed by atoms with Crippen LogP contribution in [0.4, 0.5) is 5.69 Å². The standard InChI is InChI=1S/C18H18BrN3O3/c1-25-16-8-3-2-5-13(16)12-20-22-18(24)10-9-17(23)21-15-7-4-6-14(19)11-15/h2-8,11-12H,9-10H2,1H3,(H,21,23)(H,22,24)/b20-12+. The molecule has 0 saturated heterocycles. The smallest absolute Gasteiger partial charge is 0.240 e. The average Bonchev–Trinajstić information content (AvgIpc) is 2.60. The third-order valence-electron chi connectivity index (χ3n) is 3.22. The molecule has 0 atom stereocenters. The van der Waals surface area contributed by atoms with Gasteiger partial charge < -0.3 is 10.1 Å². The van der Waals surface area contributed by atoms with Gasteiger partial charge >= 0.3 is 0 Å². The summed E-state index contributed by atoms with van der Waals surface area (Å²) in [6.07, 6.45) is 1.62. The Morgan fingerprint density at radius 2 is 1.88 bits per heavy atom. The Balaban J connectivity index is 1.76. The molecule has 0 fully saturated rings. The van der Waals surface area contributed by atoms with E-state index < -0.39 is 0 Å². The topological polar surface area (TPSA) is 79.8 Å². The van der Waals surface area contributed by atoms with Crippen molar-refractivity contribution in [3.63, 3.8) is 0 Å². The van der Waals surface area contributed by atoms with Crippen LogP contribution in [0.3, 0.4) is 0 Å². The summed E-state index contributed by atoms with van der Waals surface area (Å²) < 4.78 is 6.06. The average molecular weight is 404 g/mol. The largest absolute Gasteiger partial charge is 0.496 e. The molecule has 0 heterocycles. The molecule has 2 aromatic carbocycles. The zero-order chi connectivity index (χ0) is 18.1. The highest BCUT2D eigenvalue weighted by Gasteiger charge is 2.07. The molecule has 2 rings (SSSR count). The number of carbonyl (C=O) groups excluding carboxylic acids is 2. The fourth-order valence-corrected chi connectivity index (χ4v) is 2.42. The van der Waals surface area contributed by atoms with Gasteiger partial charge in [0, 0.05) is 28.6 Å². The molecule has 0 aliphatic carbocycles. The lowest BCUT2D eigenvalue weighted by molar-refractivity contribution is -0.124. The summed E-state index contributed by atoms with van der Waals surface area (Å²) in [7, 11) is 1.56. The van der Waals surface area contributed by atoms with E-state index in [1.54, 1.807) is 25.3 Å². The van der Waals surface area contributed by atoms with Gasteiger partial charge in [-0.05, 0) is 30.3 Å². The second-order valence-electron chi connectivity index (χ2n) is 5.09. The van der Waals surface area contributed by atoms with E-state index in [2.05, 4.69) is 31.8 Å². The number of anilines is 1. The molecule has 0 bridgehead atoms. The highest BCUT2D eigenvalue weighted by atomic mass is 79.9. The summed E-state index contributed by atoms with van der Waals surface area (Å²) in [4.78, 5) is 23.6. The number of methoxy groups -OCH3 is 1. The fraction of sp³-hybridized carbons (Fsp3) is 0.167. The number of halogens is 1. The number of hydrogen-bond acceptors (Lipinski definition) is 4. The summed E-state index contributed by atoms with van der Waals surface area (Å²) in [6.45, 7) is 0. The Kier molecular flexibility index (Phi) is 7.16. The van der Waals surface area contributed by atoms with Crippen LogP contribution >= 0.6 is 15.9 Å². The Morgan fingerprint density at radius 1 is 1.12 bits per heavy atom. The van der Waals surface area contributed by atoms with Gasteiger partial charge in [0.2, 0.25) is 11.8 Å². The minimum Gasteiger partial charge on any atom is -0.496 e. The third kappa shape index (κ3) is 6.39. The molecule has 0 radical (unpaired) electrons. The molecule has 2 amide bonds. The molecular formula is C18H18BrN3O3. The summed E-state index contributed by atoms with van der Waals surface area (Å²) >= 11 is 3.33. The van der Waals surface area contributed by atoms with Crippen LogP contribution < -0.4 is 15.5 Å². The van der Waals surface area contributed by atoms with Gasteiger partial charge in [0.05, 0.1) is 13.3 Å². The van der Waals surface area contributed by atoms with Crippen molar-refractivity contribution >= 4 is 39.6 Å². The van der Waals surface area contributed by atoms with Crippen LogP contribution in [0.2, 0.25) is 0 Å². The van der Waals surface area contributed by atoms with E-state index in [1.807, 2.05) is 30.3 Å². The van der Waals surface area contributed by atoms with E-state index in [9.17, 15) is 9.59 Å². The van der Waals surface area contributed by atoms with E-state index in [-0.39, 0.29) is 24.7 Å². The van der Waals surface area contributed by atoms with Crippen molar-refractivity contribution in [2.45, 2.75) is 12.8 Å². The van der Waals surface area contributed by atoms with Crippen LogP contribution in [-0.4, -0.2) is 25.1 Å². The molecule has 130 valence electrons. The molecule has 2 N–H and O–H groups in total. The molecule has 0 saturated carbocycles. The summed E-state index contributed by atoms with van der Waals surface area (Å²) in [5.74, 6) is 0.0893. The highest BCUT2D eigenvalue weighted by molar-refractivity contribution is 9.10. The van der Waals surface area contributed by atoms with Crippen LogP contribution in [-0.2, 0) is 9.59 Å². The molecule has 0 unspecified atom stereocenters. The zero-order valence-electron chi connectivity index (χ0n) is 13.7. The van der Waals surface area contributed by atoms with E-state index in [0.29, 0.717) is 11.4 Å². The van der Waals surface area contributed by atoms with Crippen molar-refractivity contribution in [2.24, 2.45) is 5.10 Å². The van der Waals surface area contributed by atoms with Crippen LogP contribution in [0, 0.1) is 0 Å². The number of amides is 2. The van der Waals surface area contributed by atoms with Gasteiger partial charge in [-0.3, -0.25) is 9.59 Å². The van der Waals surface area contributed by atoms with Crippen LogP contribution in [0.15, 0.2) is 58.1 Å². The molecule has 2 aromatic rings. The normalized spacial score (nSPS) is 10.5. The van der Waals surface area contributed by atoms with Gasteiger partial charge in [-0.1, -0.05) is 34.1 Å². The lowest BCUT2D eigenvalue weighted by Crippen LogP contribution is -2.20. The van der Waals surface area contributed by atoms with E-state index >= 15 is 0 Å². The molecule has 7 heteroatoms. The minimum absolute atomic E-state index is 0.0447. The number of benzene rings is 2. The van der Waals surface area contributed by atoms with Crippen LogP contribution in [0.1, 0.15) is 18.4 Å². The van der Waals surface area contributed by atoms with E-state index in [1.165, 1.54) is 6.21 Å². The first kappa shape index (κ1) is 18.7. The number of rotatable bonds is 7. The lowest BCUT2D eigenvalue weighted by atomic mass is 10.2. The molecule has 0 spiro atoms. The highest BCUT2D eigenvalue weighted by Crippen LogP contribution is 2.16. The number of carbonyl (C=O) groups is 2. The van der Waals surface area contributed by atoms with Crippen molar-refractivity contribution in [2.75, 3.05) is 12.4 Å². The van der Waals surface area contributed by atoms with Gasteiger partial charge in [-0.25, -0.2) is 5.43 Å². The Labute approximate surface area is 154 Å². The molecule has 25 heavy (non-hydrogen) atoms. The maximum absolute atomic E-state index is 11.8. The number of hydrazone groups is 1. The molecule has 6 nitrogen and oxygen atoms in total. The van der Waals surface area contributed by atoms with Crippen LogP contribution in [0.5, 0.6) is 5.75 Å². The van der Waals surface area contributed by atoms with Crippen LogP contribution in [0.25, 0.3) is 0 Å². The number of nitrogens with zero attached hydrogens (tertiary/aromatic N) is 1. The third-order valence-corrected chi connectivity index (χ3v) is 3.71. The Bertz CT molecular complexity index is 778. The van der Waals surface area contributed by atoms with Crippen molar-refractivity contribution in [1.82, 2.24) is 5.43 Å². The van der Waals surface area contributed by atoms with Crippen molar-refractivity contribution in [1.29, 1.82) is 0 Å². The first-order valence-electron chi connectivity index (χ1n) is 7.59. The predicted octanol–water partition coefficient (Wildman–Crippen LogP) is 3.33. The van der Waals surface area contributed by atoms with Gasteiger partial charge in [0.15, 0.2) is 0 Å². The van der Waals surface area contributed by atoms with Crippen molar-refractivity contribution < 1.29 is 14.3 Å². The first-order valence-corrected chi connectivity index (χ1v) is 8.38. The first-order chi connectivity index (χ1) is 12.1. The lowest BCUT2D eigenvalue weighted by Gasteiger charge is -2.05. The predicted molar refractivity (Wildman–Crippen MR) is 101 cm³/mol. The number of ether oxygens (including phenoxy) is 1. The second kappa shape index (κ2) is 9.58. The fourth-order valence-electron chi connectivity index (χ4n) is 2.02. The quantitative estimate of drug-likeness (QED) is 0.549. The molecular weight excluding hydrogens is 386 g/mol. The number of para-hydroxylation sites is 1. The van der Waals surface area contributed by atoms with Gasteiger partial charge in [-0.2, -0.15) is 5.10 Å². The van der Waals surface area contributed by atoms with Gasteiger partial charge in [-0.15, -0.1) is 0 Å². The summed E-state index contributed by atoms with van der Waals surface area (Å²) in [5.41, 5.74) is 3.82. The minimum atomic E-state index is -0.337. The zero-order valence-corrected chi connectivity index (χ0v) is 15.2. The molecule has 0 aliphatic heterocycles. The van der Waals surface area contributed by atoms with E-state index in [0.717, 1.165) is 10.0 Å². The monoisotopic (exact) mass is 403 g/mol. The summed E-state index contributed by atoms with van der Waals surface area (Å²) in [5, 5.41) is 6.61. The Morgan fingerprint density at radius 3 is 2.64 bits per heavy atom. The SMILES string of the molecule is COc1ccccc1/C=N/NC(=O)CCC(=O)Nc1cccc(Br)c1. The van der Waals surface area contributed by atoms with E-state index in [4.69, 9.17) is 4.74 Å². The number of nitrogens with one attached hydrogen (secondary N) is 2. The maximum atomic E-state index is 11.8. The summed E-state index contributed by atoms with van der Waals surface area (Å²) in [6, 6.07) is 14.6. The molecule has 0 aliphatic rings. The van der Waals surface area contributed by atoms with Crippen molar-refractivity contribution in [3.05, 3.63) is 58.6 Å². The van der Waals surface area contributed by atoms with Gasteiger partial charge in [0.1, 0.15) is 5.75 Å². The Hall–Kier alpha value is -2.67. The number of hydrogen-bond donors (Lipinski definition) is 2. The molecule has 0 aromatic heterocycles. The maximum Gasteiger partial charge on any atom is 0.240 e. The van der Waals surface area contributed by atoms with Gasteiger partial charge in [0.25, 0.3) is 0 Å². The van der Waals surface area contributed by atoms with Crippen molar-refractivity contribution in [3.8, 4) is 5.75 Å².